The summed E-state index contributed by atoms with van der Waals surface area (Å²) in [7, 11) is 1.51. The van der Waals surface area contributed by atoms with Gasteiger partial charge in [0.25, 0.3) is 5.91 Å². The minimum absolute atomic E-state index is 0.0635. The molecular weight excluding hydrogens is 686 g/mol. The number of hydrogen-bond acceptors (Lipinski definition) is 8. The van der Waals surface area contributed by atoms with Crippen LogP contribution in [0.25, 0.3) is 0 Å². The van der Waals surface area contributed by atoms with Crippen molar-refractivity contribution in [3.63, 3.8) is 0 Å². The number of aliphatic hydroxyl groups excluding tert-OH is 1. The first kappa shape index (κ1) is 39.2. The van der Waals surface area contributed by atoms with E-state index >= 15 is 0 Å². The monoisotopic (exact) mass is 735 g/mol. The molecule has 3 aliphatic rings. The van der Waals surface area contributed by atoms with Gasteiger partial charge in [0.15, 0.2) is 0 Å². The molecule has 0 radical (unpaired) electrons. The number of nitrogens with one attached hydrogen (secondary N) is 1. The second-order valence-electron chi connectivity index (χ2n) is 13.7. The molecule has 2 aromatic carbocycles. The molecule has 3 fully saturated rings. The van der Waals surface area contributed by atoms with Gasteiger partial charge in [-0.15, -0.1) is 13.2 Å². The fourth-order valence-corrected chi connectivity index (χ4v) is 8.16. The molecule has 5 rings (SSSR count). The van der Waals surface area contributed by atoms with Gasteiger partial charge in [-0.3, -0.25) is 19.2 Å². The quantitative estimate of drug-likeness (QED) is 0.108. The van der Waals surface area contributed by atoms with Crippen molar-refractivity contribution in [3.8, 4) is 0 Å². The van der Waals surface area contributed by atoms with E-state index in [-0.39, 0.29) is 50.4 Å². The van der Waals surface area contributed by atoms with E-state index in [9.17, 15) is 24.3 Å². The molecule has 0 unspecified atom stereocenters. The van der Waals surface area contributed by atoms with Gasteiger partial charge in [-0.25, -0.2) is 0 Å². The zero-order chi connectivity index (χ0) is 37.3. The number of hydrogen-bond donors (Lipinski definition) is 2. The molecule has 3 amide bonds. The predicted molar refractivity (Wildman–Crippen MR) is 197 cm³/mol. The molecule has 52 heavy (non-hydrogen) atoms. The van der Waals surface area contributed by atoms with E-state index in [1.807, 2.05) is 30.3 Å². The lowest BCUT2D eigenvalue weighted by Gasteiger charge is -2.37. The van der Waals surface area contributed by atoms with Gasteiger partial charge < -0.3 is 34.4 Å². The first-order chi connectivity index (χ1) is 25.2. The summed E-state index contributed by atoms with van der Waals surface area (Å²) < 4.78 is 18.5. The summed E-state index contributed by atoms with van der Waals surface area (Å²) in [6, 6.07) is 14.3. The molecule has 3 aliphatic heterocycles. The summed E-state index contributed by atoms with van der Waals surface area (Å²) in [6.07, 6.45) is 6.09. The maximum absolute atomic E-state index is 14.8. The van der Waals surface area contributed by atoms with Crippen molar-refractivity contribution >= 4 is 41.0 Å². The third-order valence-electron chi connectivity index (χ3n) is 10.3. The number of unbranched alkanes of at least 4 members (excludes halogenated alkanes) is 3. The maximum atomic E-state index is 14.8. The van der Waals surface area contributed by atoms with E-state index in [1.165, 1.54) is 7.11 Å². The Morgan fingerprint density at radius 3 is 2.50 bits per heavy atom. The van der Waals surface area contributed by atoms with Gasteiger partial charge in [0.1, 0.15) is 17.7 Å². The molecule has 11 nitrogen and oxygen atoms in total. The zero-order valence-corrected chi connectivity index (χ0v) is 30.5. The molecule has 2 bridgehead atoms. The molecule has 2 aromatic rings. The van der Waals surface area contributed by atoms with Crippen LogP contribution in [0.3, 0.4) is 0 Å². The Balaban J connectivity index is 1.48. The molecule has 0 aromatic heterocycles. The van der Waals surface area contributed by atoms with Crippen molar-refractivity contribution in [2.75, 3.05) is 38.3 Å². The highest BCUT2D eigenvalue weighted by atomic mass is 35.5. The van der Waals surface area contributed by atoms with E-state index in [4.69, 9.17) is 25.8 Å². The van der Waals surface area contributed by atoms with Gasteiger partial charge in [-0.1, -0.05) is 66.9 Å². The average molecular weight is 736 g/mol. The summed E-state index contributed by atoms with van der Waals surface area (Å²) in [5.74, 6) is -3.43. The second-order valence-corrected chi connectivity index (χ2v) is 14.1. The highest BCUT2D eigenvalue weighted by Crippen LogP contribution is 2.59. The van der Waals surface area contributed by atoms with Crippen molar-refractivity contribution in [1.82, 2.24) is 10.2 Å². The van der Waals surface area contributed by atoms with Crippen LogP contribution in [0.4, 0.5) is 5.69 Å². The Kier molecular flexibility index (Phi) is 13.7. The van der Waals surface area contributed by atoms with Crippen LogP contribution in [0.15, 0.2) is 79.9 Å². The molecule has 3 heterocycles. The number of esters is 1. The molecule has 3 saturated heterocycles. The lowest BCUT2D eigenvalue weighted by atomic mass is 9.70. The van der Waals surface area contributed by atoms with E-state index in [1.54, 1.807) is 46.2 Å². The van der Waals surface area contributed by atoms with Gasteiger partial charge in [0, 0.05) is 43.9 Å². The standard InChI is InChI=1S/C40H50ClN3O8/c1-4-6-16-32(46)42-30(26-50-3)35(27-14-10-9-11-15-27)51-39(49)33-31-21-22-40(52-31)34(33)37(47)44(24-12-7-8-13-25-45)36(40)38(48)43(23-5-2)29-19-17-28(41)18-20-29/h4-5,9-11,14-15,17-20,30-31,33-36,45H,1-2,6-8,12-13,16,21-26H2,3H3,(H,42,46)/t30-,31-,33+,34+,35-,36-,40+/m1/s1. The first-order valence-electron chi connectivity index (χ1n) is 18.1. The third kappa shape index (κ3) is 8.28. The van der Waals surface area contributed by atoms with Gasteiger partial charge in [-0.2, -0.15) is 0 Å². The summed E-state index contributed by atoms with van der Waals surface area (Å²) in [5.41, 5.74) is 0.00378. The smallest absolute Gasteiger partial charge is 0.313 e. The number of allylic oxidation sites excluding steroid dienone is 1. The van der Waals surface area contributed by atoms with Gasteiger partial charge in [0.05, 0.1) is 30.6 Å². The van der Waals surface area contributed by atoms with Crippen LogP contribution in [0.2, 0.25) is 5.02 Å². The lowest BCUT2D eigenvalue weighted by molar-refractivity contribution is -0.163. The number of carbonyl (C=O) groups is 4. The number of halogens is 1. The zero-order valence-electron chi connectivity index (χ0n) is 29.8. The molecule has 12 heteroatoms. The summed E-state index contributed by atoms with van der Waals surface area (Å²) in [4.78, 5) is 59.9. The van der Waals surface area contributed by atoms with Crippen molar-refractivity contribution in [1.29, 1.82) is 0 Å². The Labute approximate surface area is 310 Å². The number of carbonyl (C=O) groups excluding carboxylic acids is 4. The predicted octanol–water partition coefficient (Wildman–Crippen LogP) is 5.17. The summed E-state index contributed by atoms with van der Waals surface area (Å²) >= 11 is 6.17. The van der Waals surface area contributed by atoms with Crippen LogP contribution in [0.1, 0.15) is 63.0 Å². The van der Waals surface area contributed by atoms with Gasteiger partial charge in [-0.05, 0) is 61.9 Å². The molecule has 0 saturated carbocycles. The molecule has 1 spiro atoms. The van der Waals surface area contributed by atoms with Crippen LogP contribution in [0, 0.1) is 11.8 Å². The van der Waals surface area contributed by atoms with Crippen LogP contribution in [0.5, 0.6) is 0 Å². The molecular formula is C40H50ClN3O8. The van der Waals surface area contributed by atoms with Crippen LogP contribution < -0.4 is 10.2 Å². The fourth-order valence-electron chi connectivity index (χ4n) is 8.03. The summed E-state index contributed by atoms with van der Waals surface area (Å²) in [6.45, 7) is 8.18. The number of anilines is 1. The molecule has 280 valence electrons. The van der Waals surface area contributed by atoms with Crippen molar-refractivity contribution in [2.45, 2.75) is 81.3 Å². The van der Waals surface area contributed by atoms with E-state index in [0.29, 0.717) is 48.4 Å². The molecule has 7 atom stereocenters. The minimum Gasteiger partial charge on any atom is -0.455 e. The first-order valence-corrected chi connectivity index (χ1v) is 18.5. The number of benzene rings is 2. The number of aliphatic hydroxyl groups is 1. The number of amides is 3. The van der Waals surface area contributed by atoms with Crippen molar-refractivity contribution in [3.05, 3.63) is 90.5 Å². The van der Waals surface area contributed by atoms with E-state index in [2.05, 4.69) is 18.5 Å². The molecule has 2 N–H and O–H groups in total. The Morgan fingerprint density at radius 2 is 1.83 bits per heavy atom. The number of fused-ring (bicyclic) bond motifs is 1. The van der Waals surface area contributed by atoms with Gasteiger partial charge >= 0.3 is 5.97 Å². The lowest BCUT2D eigenvalue weighted by Crippen LogP contribution is -2.56. The normalized spacial score (nSPS) is 24.2. The van der Waals surface area contributed by atoms with Crippen molar-refractivity contribution in [2.24, 2.45) is 11.8 Å². The fraction of sp³-hybridized carbons (Fsp3) is 0.500. The Bertz CT molecular complexity index is 1570. The maximum Gasteiger partial charge on any atom is 0.313 e. The second kappa shape index (κ2) is 18.1. The minimum atomic E-state index is -1.24. The molecule has 0 aliphatic carbocycles. The van der Waals surface area contributed by atoms with Gasteiger partial charge in [0.2, 0.25) is 11.8 Å². The van der Waals surface area contributed by atoms with Crippen LogP contribution >= 0.6 is 11.6 Å². The third-order valence-corrected chi connectivity index (χ3v) is 10.6. The average Bonchev–Trinajstić information content (AvgIpc) is 3.79. The number of methoxy groups -OCH3 is 1. The largest absolute Gasteiger partial charge is 0.455 e. The highest BCUT2D eigenvalue weighted by Gasteiger charge is 2.75. The highest BCUT2D eigenvalue weighted by molar-refractivity contribution is 6.30. The summed E-state index contributed by atoms with van der Waals surface area (Å²) in [5, 5.41) is 12.8. The van der Waals surface area contributed by atoms with E-state index < -0.39 is 47.7 Å². The van der Waals surface area contributed by atoms with Crippen molar-refractivity contribution < 1.29 is 38.5 Å². The topological polar surface area (TPSA) is 135 Å². The van der Waals surface area contributed by atoms with Crippen LogP contribution in [-0.2, 0) is 33.4 Å². The number of nitrogens with zero attached hydrogens (tertiary/aromatic N) is 2. The Hall–Kier alpha value is -4.03. The van der Waals surface area contributed by atoms with Crippen LogP contribution in [-0.4, -0.2) is 90.9 Å². The Morgan fingerprint density at radius 1 is 1.10 bits per heavy atom. The number of ether oxygens (including phenoxy) is 3. The van der Waals surface area contributed by atoms with E-state index in [0.717, 1.165) is 12.8 Å². The SMILES string of the molecule is C=CCCC(=O)N[C@H](COC)[C@H](OC(=O)[C@@H]1[C@H]2C(=O)N(CCCCCCO)[C@H](C(=O)N(CC=C)c3ccc(Cl)cc3)[C@]23CC[C@H]1O3)c1ccccc1. The number of rotatable bonds is 20. The number of likely N-dealkylation sites (tertiary alicyclic amines) is 1.